The Kier molecular flexibility index (Phi) is 4.51. The van der Waals surface area contributed by atoms with Crippen LogP contribution in [-0.2, 0) is 13.6 Å². The van der Waals surface area contributed by atoms with Crippen LogP contribution >= 0.6 is 0 Å². The quantitative estimate of drug-likeness (QED) is 0.350. The average Bonchev–Trinajstić information content (AvgIpc) is 3.14. The molecule has 0 aliphatic carbocycles. The predicted octanol–water partition coefficient (Wildman–Crippen LogP) is 4.13. The molecule has 0 radical (unpaired) electrons. The lowest BCUT2D eigenvalue weighted by Gasteiger charge is -2.04. The van der Waals surface area contributed by atoms with E-state index in [-0.39, 0.29) is 28.6 Å². The first kappa shape index (κ1) is 19.5. The van der Waals surface area contributed by atoms with Crippen molar-refractivity contribution >= 4 is 22.1 Å². The number of aryl methyl sites for hydroxylation is 3. The van der Waals surface area contributed by atoms with Crippen molar-refractivity contribution in [2.75, 3.05) is 0 Å². The van der Waals surface area contributed by atoms with E-state index in [9.17, 15) is 17.6 Å². The Morgan fingerprint density at radius 3 is 2.37 bits per heavy atom. The molecule has 4 rings (SSSR count). The van der Waals surface area contributed by atoms with Crippen molar-refractivity contribution < 1.29 is 17.6 Å². The fraction of sp³-hybridized carbons (Fsp3) is 0.182. The first-order chi connectivity index (χ1) is 14.2. The monoisotopic (exact) mass is 410 g/mol. The molecular formula is C22H14F4N4. The molecule has 0 unspecified atom stereocenters. The topological polar surface area (TPSA) is 35.6 Å². The Hall–Kier alpha value is -3.78. The van der Waals surface area contributed by atoms with Crippen LogP contribution in [0.15, 0.2) is 12.1 Å². The van der Waals surface area contributed by atoms with Gasteiger partial charge in [0.1, 0.15) is 34.3 Å². The van der Waals surface area contributed by atoms with Gasteiger partial charge in [-0.3, -0.25) is 0 Å². The largest absolute Gasteiger partial charge is 0.329 e. The van der Waals surface area contributed by atoms with Crippen molar-refractivity contribution in [3.63, 3.8) is 0 Å². The minimum atomic E-state index is -0.934. The van der Waals surface area contributed by atoms with E-state index in [0.29, 0.717) is 11.6 Å². The SMILES string of the molecule is C#Cc1c(F)cc2c(nc(C)n2CC#Cc2c(F)cc3nc(C)n(C)c3c2F)c1F. The number of imidazole rings is 2. The number of hydrogen-bond donors (Lipinski definition) is 0. The third kappa shape index (κ3) is 2.81. The summed E-state index contributed by atoms with van der Waals surface area (Å²) in [6, 6.07) is 2.19. The Morgan fingerprint density at radius 2 is 1.67 bits per heavy atom. The van der Waals surface area contributed by atoms with E-state index in [1.165, 1.54) is 9.13 Å². The van der Waals surface area contributed by atoms with Gasteiger partial charge in [0.05, 0.1) is 28.7 Å². The fourth-order valence-electron chi connectivity index (χ4n) is 3.37. The van der Waals surface area contributed by atoms with Crippen molar-refractivity contribution in [2.24, 2.45) is 7.05 Å². The molecule has 0 amide bonds. The molecular weight excluding hydrogens is 396 g/mol. The van der Waals surface area contributed by atoms with Crippen LogP contribution in [0.3, 0.4) is 0 Å². The van der Waals surface area contributed by atoms with Crippen molar-refractivity contribution in [1.82, 2.24) is 19.1 Å². The molecule has 0 N–H and O–H groups in total. The fourth-order valence-corrected chi connectivity index (χ4v) is 3.37. The molecule has 2 aromatic carbocycles. The molecule has 0 spiro atoms. The van der Waals surface area contributed by atoms with Crippen LogP contribution in [0.2, 0.25) is 0 Å². The van der Waals surface area contributed by atoms with Crippen molar-refractivity contribution in [2.45, 2.75) is 20.4 Å². The van der Waals surface area contributed by atoms with Crippen molar-refractivity contribution in [3.05, 3.63) is 58.2 Å². The van der Waals surface area contributed by atoms with Crippen LogP contribution in [0.4, 0.5) is 17.6 Å². The second kappa shape index (κ2) is 6.93. The molecule has 4 aromatic rings. The summed E-state index contributed by atoms with van der Waals surface area (Å²) in [6.45, 7) is 3.18. The molecule has 0 bridgehead atoms. The highest BCUT2D eigenvalue weighted by molar-refractivity contribution is 5.80. The highest BCUT2D eigenvalue weighted by Gasteiger charge is 2.19. The minimum absolute atomic E-state index is 0.0854. The first-order valence-corrected chi connectivity index (χ1v) is 8.86. The maximum absolute atomic E-state index is 14.9. The molecule has 4 nitrogen and oxygen atoms in total. The van der Waals surface area contributed by atoms with Crippen LogP contribution in [0.1, 0.15) is 22.8 Å². The van der Waals surface area contributed by atoms with Crippen LogP contribution in [0.5, 0.6) is 0 Å². The van der Waals surface area contributed by atoms with E-state index in [0.717, 1.165) is 12.1 Å². The van der Waals surface area contributed by atoms with Crippen molar-refractivity contribution in [1.29, 1.82) is 0 Å². The van der Waals surface area contributed by atoms with Gasteiger partial charge in [-0.25, -0.2) is 27.5 Å². The van der Waals surface area contributed by atoms with Gasteiger partial charge in [0, 0.05) is 19.2 Å². The summed E-state index contributed by atoms with van der Waals surface area (Å²) in [6.07, 6.45) is 5.15. The number of rotatable bonds is 1. The Balaban J connectivity index is 1.79. The van der Waals surface area contributed by atoms with Gasteiger partial charge in [-0.2, -0.15) is 0 Å². The van der Waals surface area contributed by atoms with E-state index < -0.39 is 34.4 Å². The summed E-state index contributed by atoms with van der Waals surface area (Å²) in [5, 5.41) is 0. The zero-order valence-electron chi connectivity index (χ0n) is 16.2. The molecule has 2 heterocycles. The number of terminal acetylenes is 1. The van der Waals surface area contributed by atoms with Gasteiger partial charge in [0.2, 0.25) is 0 Å². The third-order valence-corrected chi connectivity index (χ3v) is 5.00. The summed E-state index contributed by atoms with van der Waals surface area (Å²) in [5.74, 6) is 4.50. The van der Waals surface area contributed by atoms with Crippen LogP contribution in [-0.4, -0.2) is 19.1 Å². The summed E-state index contributed by atoms with van der Waals surface area (Å²) in [7, 11) is 1.62. The predicted molar refractivity (Wildman–Crippen MR) is 105 cm³/mol. The zero-order chi connectivity index (χ0) is 21.7. The molecule has 0 fully saturated rings. The normalized spacial score (nSPS) is 11.0. The second-order valence-electron chi connectivity index (χ2n) is 6.74. The van der Waals surface area contributed by atoms with Gasteiger partial charge >= 0.3 is 0 Å². The maximum atomic E-state index is 14.9. The lowest BCUT2D eigenvalue weighted by Crippen LogP contribution is -2.01. The molecule has 0 aliphatic heterocycles. The summed E-state index contributed by atoms with van der Waals surface area (Å²) >= 11 is 0. The average molecular weight is 410 g/mol. The van der Waals surface area contributed by atoms with E-state index in [2.05, 4.69) is 21.8 Å². The standard InChI is InChI=1S/C22H14F4N4/c1-5-13-16(24)10-18-21(19(13)25)28-12(3)30(18)8-6-7-14-15(23)9-17-22(20(14)26)29(4)11(2)27-17/h1,9-10H,8H2,2-4H3. The van der Waals surface area contributed by atoms with Gasteiger partial charge in [0.15, 0.2) is 11.6 Å². The highest BCUT2D eigenvalue weighted by atomic mass is 19.1. The number of halogens is 4. The minimum Gasteiger partial charge on any atom is -0.329 e. The van der Waals surface area contributed by atoms with Crippen LogP contribution in [0, 0.1) is 61.3 Å². The van der Waals surface area contributed by atoms with Crippen LogP contribution < -0.4 is 0 Å². The number of nitrogens with zero attached hydrogens (tertiary/aromatic N) is 4. The Morgan fingerprint density at radius 1 is 0.967 bits per heavy atom. The molecule has 8 heteroatoms. The van der Waals surface area contributed by atoms with E-state index in [1.54, 1.807) is 20.9 Å². The number of benzene rings is 2. The number of hydrogen-bond acceptors (Lipinski definition) is 2. The first-order valence-electron chi connectivity index (χ1n) is 8.86. The van der Waals surface area contributed by atoms with E-state index >= 15 is 0 Å². The number of aromatic nitrogens is 4. The highest BCUT2D eigenvalue weighted by Crippen LogP contribution is 2.25. The van der Waals surface area contributed by atoms with Crippen molar-refractivity contribution in [3.8, 4) is 24.2 Å². The van der Waals surface area contributed by atoms with Gasteiger partial charge in [-0.05, 0) is 13.8 Å². The van der Waals surface area contributed by atoms with Crippen LogP contribution in [0.25, 0.3) is 22.1 Å². The molecule has 0 atom stereocenters. The molecule has 0 aliphatic rings. The van der Waals surface area contributed by atoms with Gasteiger partial charge in [0.25, 0.3) is 0 Å². The lowest BCUT2D eigenvalue weighted by atomic mass is 10.1. The third-order valence-electron chi connectivity index (χ3n) is 5.00. The van der Waals surface area contributed by atoms with Gasteiger partial charge in [-0.1, -0.05) is 17.8 Å². The Labute approximate surface area is 169 Å². The molecule has 0 saturated carbocycles. The van der Waals surface area contributed by atoms with E-state index in [4.69, 9.17) is 6.42 Å². The molecule has 0 saturated heterocycles. The molecule has 2 aromatic heterocycles. The van der Waals surface area contributed by atoms with E-state index in [1.807, 2.05) is 5.92 Å². The summed E-state index contributed by atoms with van der Waals surface area (Å²) in [4.78, 5) is 8.19. The smallest absolute Gasteiger partial charge is 0.169 e. The lowest BCUT2D eigenvalue weighted by molar-refractivity contribution is 0.582. The molecule has 30 heavy (non-hydrogen) atoms. The number of fused-ring (bicyclic) bond motifs is 2. The summed E-state index contributed by atoms with van der Waals surface area (Å²) < 4.78 is 60.7. The van der Waals surface area contributed by atoms with Gasteiger partial charge in [-0.15, -0.1) is 6.42 Å². The maximum Gasteiger partial charge on any atom is 0.169 e. The Bertz CT molecular complexity index is 1460. The summed E-state index contributed by atoms with van der Waals surface area (Å²) in [5.41, 5.74) is -0.500. The zero-order valence-corrected chi connectivity index (χ0v) is 16.2. The van der Waals surface area contributed by atoms with Gasteiger partial charge < -0.3 is 9.13 Å². The second-order valence-corrected chi connectivity index (χ2v) is 6.74. The molecule has 150 valence electrons.